The number of ether oxygens (including phenoxy) is 3. The monoisotopic (exact) mass is 353 g/mol. The minimum atomic E-state index is 0.0908. The van der Waals surface area contributed by atoms with E-state index in [9.17, 15) is 4.79 Å². The lowest BCUT2D eigenvalue weighted by atomic mass is 10.0. The van der Waals surface area contributed by atoms with Crippen molar-refractivity contribution in [3.05, 3.63) is 53.6 Å². The molecule has 1 fully saturated rings. The molecule has 0 aliphatic carbocycles. The summed E-state index contributed by atoms with van der Waals surface area (Å²) in [6, 6.07) is 13.8. The Morgan fingerprint density at radius 3 is 2.81 bits per heavy atom. The van der Waals surface area contributed by atoms with Crippen LogP contribution in [0, 0.1) is 0 Å². The Balaban J connectivity index is 1.54. The molecule has 0 aromatic heterocycles. The molecule has 0 spiro atoms. The molecule has 2 heterocycles. The third kappa shape index (κ3) is 3.21. The molecular weight excluding hydrogens is 330 g/mol. The third-order valence-electron chi connectivity index (χ3n) is 5.06. The predicted molar refractivity (Wildman–Crippen MR) is 97.8 cm³/mol. The molecule has 1 unspecified atom stereocenters. The summed E-state index contributed by atoms with van der Waals surface area (Å²) in [5.74, 6) is 2.45. The number of amides is 1. The fourth-order valence-corrected chi connectivity index (χ4v) is 3.79. The highest BCUT2D eigenvalue weighted by Crippen LogP contribution is 2.38. The van der Waals surface area contributed by atoms with Gasteiger partial charge in [0, 0.05) is 12.1 Å². The number of benzene rings is 2. The van der Waals surface area contributed by atoms with E-state index in [1.54, 1.807) is 7.11 Å². The van der Waals surface area contributed by atoms with Crippen molar-refractivity contribution in [3.8, 4) is 17.2 Å². The van der Waals surface area contributed by atoms with E-state index in [0.717, 1.165) is 47.8 Å². The standard InChI is InChI=1S/C21H23NO4/c1-24-18-7-3-2-5-16(18)14-21(23)22-10-4-6-17(22)15-8-9-19-20(13-15)26-12-11-25-19/h2-3,5,7-9,13,17H,4,6,10-12,14H2,1H3. The van der Waals surface area contributed by atoms with E-state index >= 15 is 0 Å². The molecule has 1 amide bonds. The van der Waals surface area contributed by atoms with Gasteiger partial charge in [-0.15, -0.1) is 0 Å². The maximum Gasteiger partial charge on any atom is 0.227 e. The topological polar surface area (TPSA) is 48.0 Å². The molecule has 5 nitrogen and oxygen atoms in total. The van der Waals surface area contributed by atoms with Gasteiger partial charge in [0.1, 0.15) is 19.0 Å². The van der Waals surface area contributed by atoms with Crippen molar-refractivity contribution in [1.29, 1.82) is 0 Å². The number of rotatable bonds is 4. The summed E-state index contributed by atoms with van der Waals surface area (Å²) in [4.78, 5) is 15.0. The Morgan fingerprint density at radius 1 is 1.15 bits per heavy atom. The van der Waals surface area contributed by atoms with Gasteiger partial charge in [0.05, 0.1) is 19.6 Å². The maximum absolute atomic E-state index is 13.0. The average molecular weight is 353 g/mol. The van der Waals surface area contributed by atoms with Gasteiger partial charge >= 0.3 is 0 Å². The van der Waals surface area contributed by atoms with Crippen molar-refractivity contribution in [3.63, 3.8) is 0 Å². The van der Waals surface area contributed by atoms with Crippen LogP contribution >= 0.6 is 0 Å². The van der Waals surface area contributed by atoms with Gasteiger partial charge in [0.15, 0.2) is 11.5 Å². The Bertz CT molecular complexity index is 804. The Kier molecular flexibility index (Phi) is 4.69. The van der Waals surface area contributed by atoms with Crippen LogP contribution in [0.4, 0.5) is 0 Å². The van der Waals surface area contributed by atoms with Gasteiger partial charge in [0.2, 0.25) is 5.91 Å². The lowest BCUT2D eigenvalue weighted by Crippen LogP contribution is -2.32. The fraction of sp³-hybridized carbons (Fsp3) is 0.381. The van der Waals surface area contributed by atoms with Crippen LogP contribution in [-0.4, -0.2) is 37.7 Å². The van der Waals surface area contributed by atoms with Crippen LogP contribution in [0.25, 0.3) is 0 Å². The van der Waals surface area contributed by atoms with E-state index in [0.29, 0.717) is 19.6 Å². The first-order chi connectivity index (χ1) is 12.8. The summed E-state index contributed by atoms with van der Waals surface area (Å²) in [6.45, 7) is 1.93. The first kappa shape index (κ1) is 16.8. The zero-order valence-corrected chi connectivity index (χ0v) is 14.9. The van der Waals surface area contributed by atoms with Gasteiger partial charge in [-0.2, -0.15) is 0 Å². The summed E-state index contributed by atoms with van der Waals surface area (Å²) in [5.41, 5.74) is 2.04. The number of nitrogens with zero attached hydrogens (tertiary/aromatic N) is 1. The molecule has 2 aliphatic heterocycles. The van der Waals surface area contributed by atoms with Crippen LogP contribution in [0.15, 0.2) is 42.5 Å². The van der Waals surface area contributed by atoms with E-state index in [2.05, 4.69) is 0 Å². The van der Waals surface area contributed by atoms with Crippen LogP contribution in [0.1, 0.15) is 30.0 Å². The van der Waals surface area contributed by atoms with Gasteiger partial charge < -0.3 is 19.1 Å². The molecule has 1 atom stereocenters. The van der Waals surface area contributed by atoms with Crippen molar-refractivity contribution in [2.24, 2.45) is 0 Å². The molecule has 0 saturated carbocycles. The van der Waals surface area contributed by atoms with E-state index in [-0.39, 0.29) is 11.9 Å². The van der Waals surface area contributed by atoms with E-state index < -0.39 is 0 Å². The van der Waals surface area contributed by atoms with Crippen LogP contribution in [0.5, 0.6) is 17.2 Å². The first-order valence-corrected chi connectivity index (χ1v) is 9.07. The Morgan fingerprint density at radius 2 is 1.96 bits per heavy atom. The molecule has 2 aromatic rings. The van der Waals surface area contributed by atoms with Crippen molar-refractivity contribution >= 4 is 5.91 Å². The highest BCUT2D eigenvalue weighted by Gasteiger charge is 2.31. The Labute approximate surface area is 153 Å². The number of hydrogen-bond donors (Lipinski definition) is 0. The summed E-state index contributed by atoms with van der Waals surface area (Å²) in [6.07, 6.45) is 2.33. The van der Waals surface area contributed by atoms with Gasteiger partial charge in [-0.1, -0.05) is 24.3 Å². The lowest BCUT2D eigenvalue weighted by molar-refractivity contribution is -0.131. The zero-order chi connectivity index (χ0) is 17.9. The van der Waals surface area contributed by atoms with Gasteiger partial charge in [-0.25, -0.2) is 0 Å². The van der Waals surface area contributed by atoms with Crippen molar-refractivity contribution < 1.29 is 19.0 Å². The number of fused-ring (bicyclic) bond motifs is 1. The summed E-state index contributed by atoms with van der Waals surface area (Å²) >= 11 is 0. The highest BCUT2D eigenvalue weighted by atomic mass is 16.6. The fourth-order valence-electron chi connectivity index (χ4n) is 3.79. The minimum absolute atomic E-state index is 0.0908. The molecule has 2 aromatic carbocycles. The second-order valence-corrected chi connectivity index (χ2v) is 6.64. The normalized spacial score (nSPS) is 18.7. The van der Waals surface area contributed by atoms with Crippen LogP contribution in [0.3, 0.4) is 0 Å². The van der Waals surface area contributed by atoms with E-state index in [1.165, 1.54) is 0 Å². The zero-order valence-electron chi connectivity index (χ0n) is 14.9. The average Bonchev–Trinajstić information content (AvgIpc) is 3.18. The van der Waals surface area contributed by atoms with Crippen molar-refractivity contribution in [2.75, 3.05) is 26.9 Å². The Hall–Kier alpha value is -2.69. The SMILES string of the molecule is COc1ccccc1CC(=O)N1CCCC1c1ccc2c(c1)OCCO2. The van der Waals surface area contributed by atoms with Gasteiger partial charge in [0.25, 0.3) is 0 Å². The van der Waals surface area contributed by atoms with Crippen LogP contribution < -0.4 is 14.2 Å². The minimum Gasteiger partial charge on any atom is -0.496 e. The van der Waals surface area contributed by atoms with Gasteiger partial charge in [-0.3, -0.25) is 4.79 Å². The predicted octanol–water partition coefficient (Wildman–Crippen LogP) is 3.37. The maximum atomic E-state index is 13.0. The molecular formula is C21H23NO4. The largest absolute Gasteiger partial charge is 0.496 e. The summed E-state index contributed by atoms with van der Waals surface area (Å²) < 4.78 is 16.7. The molecule has 1 saturated heterocycles. The molecule has 0 N–H and O–H groups in total. The molecule has 136 valence electrons. The molecule has 4 rings (SSSR count). The number of carbonyl (C=O) groups excluding carboxylic acids is 1. The molecule has 2 aliphatic rings. The number of hydrogen-bond acceptors (Lipinski definition) is 4. The first-order valence-electron chi connectivity index (χ1n) is 9.07. The van der Waals surface area contributed by atoms with Crippen molar-refractivity contribution in [2.45, 2.75) is 25.3 Å². The molecule has 0 radical (unpaired) electrons. The lowest BCUT2D eigenvalue weighted by Gasteiger charge is -2.27. The van der Waals surface area contributed by atoms with E-state index in [1.807, 2.05) is 47.4 Å². The number of carbonyl (C=O) groups is 1. The van der Waals surface area contributed by atoms with E-state index in [4.69, 9.17) is 14.2 Å². The summed E-state index contributed by atoms with van der Waals surface area (Å²) in [5, 5.41) is 0. The number of para-hydroxylation sites is 1. The number of likely N-dealkylation sites (tertiary alicyclic amines) is 1. The quantitative estimate of drug-likeness (QED) is 0.846. The highest BCUT2D eigenvalue weighted by molar-refractivity contribution is 5.80. The summed E-state index contributed by atoms with van der Waals surface area (Å²) in [7, 11) is 1.64. The molecule has 26 heavy (non-hydrogen) atoms. The van der Waals surface area contributed by atoms with Crippen LogP contribution in [-0.2, 0) is 11.2 Å². The molecule has 0 bridgehead atoms. The smallest absolute Gasteiger partial charge is 0.227 e. The number of methoxy groups -OCH3 is 1. The van der Waals surface area contributed by atoms with Crippen molar-refractivity contribution in [1.82, 2.24) is 4.90 Å². The van der Waals surface area contributed by atoms with Crippen LogP contribution in [0.2, 0.25) is 0 Å². The second-order valence-electron chi connectivity index (χ2n) is 6.64. The molecule has 5 heteroatoms. The third-order valence-corrected chi connectivity index (χ3v) is 5.06. The van der Waals surface area contributed by atoms with Gasteiger partial charge in [-0.05, 0) is 36.6 Å². The second kappa shape index (κ2) is 7.28.